The number of aromatic nitrogens is 2. The zero-order valence-electron chi connectivity index (χ0n) is 11.4. The predicted molar refractivity (Wildman–Crippen MR) is 77.8 cm³/mol. The van der Waals surface area contributed by atoms with E-state index in [1.165, 1.54) is 48.9 Å². The van der Waals surface area contributed by atoms with Gasteiger partial charge in [-0.2, -0.15) is 0 Å². The maximum Gasteiger partial charge on any atom is 0.0955 e. The summed E-state index contributed by atoms with van der Waals surface area (Å²) in [6, 6.07) is 6.79. The molecule has 1 aromatic carbocycles. The Kier molecular flexibility index (Phi) is 2.32. The summed E-state index contributed by atoms with van der Waals surface area (Å²) in [6.07, 6.45) is 8.22. The van der Waals surface area contributed by atoms with Crippen molar-refractivity contribution in [2.24, 2.45) is 12.0 Å². The van der Waals surface area contributed by atoms with E-state index in [4.69, 9.17) is 4.99 Å². The van der Waals surface area contributed by atoms with Crippen LogP contribution in [0, 0.1) is 0 Å². The number of imidazole rings is 1. The van der Waals surface area contributed by atoms with E-state index in [-0.39, 0.29) is 5.41 Å². The van der Waals surface area contributed by atoms with Crippen LogP contribution in [0.15, 0.2) is 29.5 Å². The summed E-state index contributed by atoms with van der Waals surface area (Å²) in [4.78, 5) is 9.21. The third kappa shape index (κ3) is 1.50. The van der Waals surface area contributed by atoms with Crippen molar-refractivity contribution >= 4 is 16.7 Å². The van der Waals surface area contributed by atoms with Crippen molar-refractivity contribution in [1.29, 1.82) is 0 Å². The van der Waals surface area contributed by atoms with Crippen LogP contribution in [0.25, 0.3) is 11.0 Å². The van der Waals surface area contributed by atoms with Crippen LogP contribution in [0.2, 0.25) is 0 Å². The lowest BCUT2D eigenvalue weighted by atomic mass is 9.67. The smallest absolute Gasteiger partial charge is 0.0955 e. The third-order valence-electron chi connectivity index (χ3n) is 4.94. The lowest BCUT2D eigenvalue weighted by molar-refractivity contribution is 0.457. The van der Waals surface area contributed by atoms with Gasteiger partial charge in [-0.3, -0.25) is 4.99 Å². The van der Waals surface area contributed by atoms with Crippen molar-refractivity contribution < 1.29 is 0 Å². The van der Waals surface area contributed by atoms with Crippen molar-refractivity contribution in [1.82, 2.24) is 9.55 Å². The van der Waals surface area contributed by atoms with E-state index in [1.54, 1.807) is 0 Å². The number of aliphatic imine (C=N–C) groups is 1. The van der Waals surface area contributed by atoms with E-state index >= 15 is 0 Å². The molecule has 2 aromatic rings. The van der Waals surface area contributed by atoms with Gasteiger partial charge in [0.25, 0.3) is 0 Å². The fourth-order valence-corrected chi connectivity index (χ4v) is 3.86. The van der Waals surface area contributed by atoms with Gasteiger partial charge in [-0.1, -0.05) is 12.5 Å². The number of hydrogen-bond donors (Lipinski definition) is 0. The first-order chi connectivity index (χ1) is 9.29. The number of aryl methyl sites for hydroxylation is 1. The monoisotopic (exact) mass is 253 g/mol. The Balaban J connectivity index is 1.88. The van der Waals surface area contributed by atoms with E-state index in [0.29, 0.717) is 0 Å². The lowest BCUT2D eigenvalue weighted by Crippen LogP contribution is -2.35. The van der Waals surface area contributed by atoms with Gasteiger partial charge >= 0.3 is 0 Å². The summed E-state index contributed by atoms with van der Waals surface area (Å²) in [5.74, 6) is 0. The molecule has 0 spiro atoms. The number of benzene rings is 1. The van der Waals surface area contributed by atoms with Gasteiger partial charge in [-0.15, -0.1) is 0 Å². The second kappa shape index (κ2) is 3.92. The molecule has 0 radical (unpaired) electrons. The molecule has 0 N–H and O–H groups in total. The van der Waals surface area contributed by atoms with Crippen LogP contribution in [0.3, 0.4) is 0 Å². The predicted octanol–water partition coefficient (Wildman–Crippen LogP) is 3.23. The molecule has 1 saturated carbocycles. The molecule has 1 aromatic heterocycles. The van der Waals surface area contributed by atoms with Gasteiger partial charge in [0.2, 0.25) is 0 Å². The molecule has 0 bridgehead atoms. The van der Waals surface area contributed by atoms with Crippen molar-refractivity contribution in [3.8, 4) is 0 Å². The molecule has 1 unspecified atom stereocenters. The van der Waals surface area contributed by atoms with E-state index in [2.05, 4.69) is 34.8 Å². The lowest BCUT2D eigenvalue weighted by Gasteiger charge is -2.35. The summed E-state index contributed by atoms with van der Waals surface area (Å²) in [7, 11) is 2.07. The second-order valence-electron chi connectivity index (χ2n) is 5.93. The highest BCUT2D eigenvalue weighted by Gasteiger charge is 2.41. The summed E-state index contributed by atoms with van der Waals surface area (Å²) in [5, 5.41) is 0. The Morgan fingerprint density at radius 2 is 2.16 bits per heavy atom. The van der Waals surface area contributed by atoms with E-state index < -0.39 is 0 Å². The molecular weight excluding hydrogens is 234 g/mol. The molecule has 4 rings (SSSR count). The first-order valence-corrected chi connectivity index (χ1v) is 7.25. The Bertz CT molecular complexity index is 668. The van der Waals surface area contributed by atoms with Crippen LogP contribution in [-0.4, -0.2) is 21.8 Å². The minimum Gasteiger partial charge on any atom is -0.334 e. The fraction of sp³-hybridized carbons (Fsp3) is 0.500. The van der Waals surface area contributed by atoms with Gasteiger partial charge in [0.1, 0.15) is 0 Å². The number of rotatable bonds is 1. The molecule has 2 heterocycles. The SMILES string of the molecule is Cn1cnc2ccc(C34CCCCC3=NCC4)cc21. The minimum absolute atomic E-state index is 0.247. The van der Waals surface area contributed by atoms with E-state index in [1.807, 2.05) is 6.33 Å². The molecule has 0 amide bonds. The van der Waals surface area contributed by atoms with Gasteiger partial charge in [0, 0.05) is 24.7 Å². The van der Waals surface area contributed by atoms with Gasteiger partial charge in [0.05, 0.1) is 17.4 Å². The van der Waals surface area contributed by atoms with Crippen LogP contribution in [0.5, 0.6) is 0 Å². The molecule has 0 saturated heterocycles. The normalized spacial score (nSPS) is 26.5. The number of nitrogens with zero attached hydrogens (tertiary/aromatic N) is 3. The number of fused-ring (bicyclic) bond motifs is 2. The van der Waals surface area contributed by atoms with Crippen LogP contribution >= 0.6 is 0 Å². The topological polar surface area (TPSA) is 30.2 Å². The van der Waals surface area contributed by atoms with Crippen molar-refractivity contribution in [2.75, 3.05) is 6.54 Å². The first-order valence-electron chi connectivity index (χ1n) is 7.25. The number of hydrogen-bond acceptors (Lipinski definition) is 2. The molecule has 98 valence electrons. The van der Waals surface area contributed by atoms with Crippen LogP contribution in [0.4, 0.5) is 0 Å². The first kappa shape index (κ1) is 11.2. The zero-order chi connectivity index (χ0) is 12.9. The van der Waals surface area contributed by atoms with Crippen molar-refractivity contribution in [2.45, 2.75) is 37.5 Å². The maximum atomic E-state index is 4.79. The average molecular weight is 253 g/mol. The zero-order valence-corrected chi connectivity index (χ0v) is 11.4. The molecule has 2 aliphatic rings. The molecule has 3 heteroatoms. The average Bonchev–Trinajstić information content (AvgIpc) is 3.03. The highest BCUT2D eigenvalue weighted by Crippen LogP contribution is 2.44. The fourth-order valence-electron chi connectivity index (χ4n) is 3.86. The standard InChI is InChI=1S/C16H19N3/c1-19-11-18-13-6-5-12(10-14(13)19)16-7-3-2-4-15(16)17-9-8-16/h5-6,10-11H,2-4,7-9H2,1H3. The maximum absolute atomic E-state index is 4.79. The molecular formula is C16H19N3. The summed E-state index contributed by atoms with van der Waals surface area (Å²) in [5.41, 5.74) is 5.50. The Labute approximate surface area is 113 Å². The van der Waals surface area contributed by atoms with Crippen LogP contribution in [-0.2, 0) is 12.5 Å². The van der Waals surface area contributed by atoms with E-state index in [9.17, 15) is 0 Å². The summed E-state index contributed by atoms with van der Waals surface area (Å²) >= 11 is 0. The molecule has 1 fully saturated rings. The van der Waals surface area contributed by atoms with Crippen LogP contribution in [0.1, 0.15) is 37.7 Å². The van der Waals surface area contributed by atoms with Gasteiger partial charge < -0.3 is 4.57 Å². The Hall–Kier alpha value is -1.64. The highest BCUT2D eigenvalue weighted by atomic mass is 15.0. The van der Waals surface area contributed by atoms with Crippen LogP contribution < -0.4 is 0 Å². The molecule has 1 atom stereocenters. The summed E-state index contributed by atoms with van der Waals surface area (Å²) in [6.45, 7) is 1.01. The molecule has 1 aliphatic carbocycles. The Morgan fingerprint density at radius 1 is 1.21 bits per heavy atom. The second-order valence-corrected chi connectivity index (χ2v) is 5.93. The summed E-state index contributed by atoms with van der Waals surface area (Å²) < 4.78 is 2.12. The minimum atomic E-state index is 0.247. The third-order valence-corrected chi connectivity index (χ3v) is 4.94. The quantitative estimate of drug-likeness (QED) is 0.767. The van der Waals surface area contributed by atoms with Gasteiger partial charge in [-0.25, -0.2) is 4.98 Å². The van der Waals surface area contributed by atoms with Gasteiger partial charge in [0.15, 0.2) is 0 Å². The van der Waals surface area contributed by atoms with E-state index in [0.717, 1.165) is 12.1 Å². The molecule has 1 aliphatic heterocycles. The highest BCUT2D eigenvalue weighted by molar-refractivity contribution is 5.97. The largest absolute Gasteiger partial charge is 0.334 e. The molecule has 19 heavy (non-hydrogen) atoms. The Morgan fingerprint density at radius 3 is 3.11 bits per heavy atom. The van der Waals surface area contributed by atoms with Crippen molar-refractivity contribution in [3.63, 3.8) is 0 Å². The van der Waals surface area contributed by atoms with Gasteiger partial charge in [-0.05, 0) is 43.4 Å². The van der Waals surface area contributed by atoms with Crippen molar-refractivity contribution in [3.05, 3.63) is 30.1 Å². The molecule has 3 nitrogen and oxygen atoms in total.